The Morgan fingerprint density at radius 1 is 1.00 bits per heavy atom. The maximum Gasteiger partial charge on any atom is 0.419 e. The number of nitrogens with zero attached hydrogens (tertiary/aromatic N) is 2. The fourth-order valence-electron chi connectivity index (χ4n) is 2.45. The number of nitrogens with one attached hydrogen (secondary N) is 2. The van der Waals surface area contributed by atoms with Gasteiger partial charge in [-0.05, 0) is 42.0 Å². The first kappa shape index (κ1) is 19.3. The normalized spacial score (nSPS) is 11.1. The number of aromatic nitrogens is 2. The van der Waals surface area contributed by atoms with Crippen molar-refractivity contribution in [2.24, 2.45) is 0 Å². The summed E-state index contributed by atoms with van der Waals surface area (Å²) >= 11 is 0. The van der Waals surface area contributed by atoms with Crippen molar-refractivity contribution in [2.75, 3.05) is 10.6 Å². The Labute approximate surface area is 157 Å². The molecule has 1 aromatic carbocycles. The van der Waals surface area contributed by atoms with Crippen LogP contribution in [0.4, 0.5) is 29.1 Å². The standard InChI is InChI=1S/C19H14F4N4O/c20-16-14(19(21,22)23)4-1-5-15(16)27-18(28)13-3-2-8-25-17(13)26-11-12-6-9-24-10-7-12/h1-10H,11H2,(H,25,26)(H,27,28). The number of anilines is 2. The minimum atomic E-state index is -4.86. The molecule has 0 saturated heterocycles. The van der Waals surface area contributed by atoms with Crippen molar-refractivity contribution in [1.82, 2.24) is 9.97 Å². The summed E-state index contributed by atoms with van der Waals surface area (Å²) in [7, 11) is 0. The van der Waals surface area contributed by atoms with Gasteiger partial charge in [-0.3, -0.25) is 9.78 Å². The van der Waals surface area contributed by atoms with E-state index in [2.05, 4.69) is 20.6 Å². The van der Waals surface area contributed by atoms with E-state index in [1.54, 1.807) is 24.5 Å². The molecule has 0 aliphatic rings. The van der Waals surface area contributed by atoms with E-state index in [-0.39, 0.29) is 11.4 Å². The van der Waals surface area contributed by atoms with Crippen LogP contribution in [0, 0.1) is 5.82 Å². The van der Waals surface area contributed by atoms with Crippen LogP contribution in [0.5, 0.6) is 0 Å². The molecule has 1 amide bonds. The Bertz CT molecular complexity index is 977. The first-order valence-corrected chi connectivity index (χ1v) is 8.11. The zero-order chi connectivity index (χ0) is 20.1. The predicted octanol–water partition coefficient (Wildman–Crippen LogP) is 4.50. The molecular formula is C19H14F4N4O. The number of amides is 1. The molecule has 2 heterocycles. The van der Waals surface area contributed by atoms with Crippen molar-refractivity contribution in [2.45, 2.75) is 12.7 Å². The number of alkyl halides is 3. The van der Waals surface area contributed by atoms with Crippen LogP contribution >= 0.6 is 0 Å². The van der Waals surface area contributed by atoms with Crippen LogP contribution in [0.2, 0.25) is 0 Å². The first-order valence-electron chi connectivity index (χ1n) is 8.11. The number of halogens is 4. The molecule has 3 aromatic rings. The molecule has 144 valence electrons. The molecule has 3 rings (SSSR count). The van der Waals surface area contributed by atoms with Gasteiger partial charge in [0.15, 0.2) is 5.82 Å². The van der Waals surface area contributed by atoms with Crippen LogP contribution in [0.25, 0.3) is 0 Å². The van der Waals surface area contributed by atoms with Crippen LogP contribution < -0.4 is 10.6 Å². The first-order chi connectivity index (χ1) is 13.4. The third-order valence-corrected chi connectivity index (χ3v) is 3.81. The lowest BCUT2D eigenvalue weighted by Crippen LogP contribution is -2.18. The third kappa shape index (κ3) is 4.43. The van der Waals surface area contributed by atoms with Gasteiger partial charge in [0.1, 0.15) is 5.82 Å². The lowest BCUT2D eigenvalue weighted by atomic mass is 10.1. The van der Waals surface area contributed by atoms with E-state index in [4.69, 9.17) is 0 Å². The molecule has 0 bridgehead atoms. The molecular weight excluding hydrogens is 376 g/mol. The molecule has 0 aliphatic carbocycles. The van der Waals surface area contributed by atoms with E-state index in [0.29, 0.717) is 12.6 Å². The molecule has 0 unspecified atom stereocenters. The van der Waals surface area contributed by atoms with Crippen LogP contribution in [-0.4, -0.2) is 15.9 Å². The lowest BCUT2D eigenvalue weighted by Gasteiger charge is -2.14. The summed E-state index contributed by atoms with van der Waals surface area (Å²) in [5.74, 6) is -2.12. The highest BCUT2D eigenvalue weighted by molar-refractivity contribution is 6.07. The summed E-state index contributed by atoms with van der Waals surface area (Å²) in [6.07, 6.45) is -0.189. The second-order valence-corrected chi connectivity index (χ2v) is 5.73. The molecule has 9 heteroatoms. The van der Waals surface area contributed by atoms with E-state index in [9.17, 15) is 22.4 Å². The van der Waals surface area contributed by atoms with Gasteiger partial charge < -0.3 is 10.6 Å². The fraction of sp³-hybridized carbons (Fsp3) is 0.105. The summed E-state index contributed by atoms with van der Waals surface area (Å²) in [6.45, 7) is 0.345. The van der Waals surface area contributed by atoms with E-state index < -0.39 is 29.2 Å². The molecule has 2 N–H and O–H groups in total. The highest BCUT2D eigenvalue weighted by atomic mass is 19.4. The number of carbonyl (C=O) groups is 1. The summed E-state index contributed by atoms with van der Waals surface area (Å²) in [6, 6.07) is 9.16. The maximum absolute atomic E-state index is 14.1. The zero-order valence-corrected chi connectivity index (χ0v) is 14.3. The number of rotatable bonds is 5. The topological polar surface area (TPSA) is 66.9 Å². The Hall–Kier alpha value is -3.49. The van der Waals surface area contributed by atoms with Crippen molar-refractivity contribution in [3.05, 3.63) is 83.6 Å². The minimum absolute atomic E-state index is 0.0633. The van der Waals surface area contributed by atoms with Gasteiger partial charge in [0, 0.05) is 25.1 Å². The lowest BCUT2D eigenvalue weighted by molar-refractivity contribution is -0.139. The van der Waals surface area contributed by atoms with Crippen molar-refractivity contribution in [1.29, 1.82) is 0 Å². The summed E-state index contributed by atoms with van der Waals surface area (Å²) in [4.78, 5) is 20.5. The zero-order valence-electron chi connectivity index (χ0n) is 14.3. The van der Waals surface area contributed by atoms with Crippen molar-refractivity contribution in [3.8, 4) is 0 Å². The maximum atomic E-state index is 14.1. The molecule has 0 radical (unpaired) electrons. The monoisotopic (exact) mass is 390 g/mol. The average Bonchev–Trinajstić information content (AvgIpc) is 2.68. The van der Waals surface area contributed by atoms with Crippen LogP contribution in [0.15, 0.2) is 61.1 Å². The fourth-order valence-corrected chi connectivity index (χ4v) is 2.45. The molecule has 2 aromatic heterocycles. The number of pyridine rings is 2. The predicted molar refractivity (Wildman–Crippen MR) is 95.2 cm³/mol. The SMILES string of the molecule is O=C(Nc1cccc(C(F)(F)F)c1F)c1cccnc1NCc1ccncc1. The van der Waals surface area contributed by atoms with Crippen molar-refractivity contribution in [3.63, 3.8) is 0 Å². The van der Waals surface area contributed by atoms with Gasteiger partial charge in [-0.15, -0.1) is 0 Å². The molecule has 0 saturated carbocycles. The smallest absolute Gasteiger partial charge is 0.365 e. The molecule has 0 atom stereocenters. The van der Waals surface area contributed by atoms with Crippen molar-refractivity contribution >= 4 is 17.4 Å². The molecule has 28 heavy (non-hydrogen) atoms. The quantitative estimate of drug-likeness (QED) is 0.630. The minimum Gasteiger partial charge on any atom is -0.365 e. The van der Waals surface area contributed by atoms with Crippen LogP contribution in [0.1, 0.15) is 21.5 Å². The van der Waals surface area contributed by atoms with Gasteiger partial charge in [-0.2, -0.15) is 13.2 Å². The average molecular weight is 390 g/mol. The van der Waals surface area contributed by atoms with Gasteiger partial charge in [0.25, 0.3) is 5.91 Å². The molecule has 5 nitrogen and oxygen atoms in total. The Morgan fingerprint density at radius 2 is 1.75 bits per heavy atom. The van der Waals surface area contributed by atoms with Crippen LogP contribution in [-0.2, 0) is 12.7 Å². The highest BCUT2D eigenvalue weighted by Gasteiger charge is 2.35. The van der Waals surface area contributed by atoms with Gasteiger partial charge in [-0.1, -0.05) is 6.07 Å². The van der Waals surface area contributed by atoms with Gasteiger partial charge in [0.2, 0.25) is 0 Å². The van der Waals surface area contributed by atoms with E-state index in [1.807, 2.05) is 0 Å². The van der Waals surface area contributed by atoms with E-state index >= 15 is 0 Å². The second kappa shape index (κ2) is 8.03. The van der Waals surface area contributed by atoms with Crippen LogP contribution in [0.3, 0.4) is 0 Å². The van der Waals surface area contributed by atoms with E-state index in [1.165, 1.54) is 18.3 Å². The third-order valence-electron chi connectivity index (χ3n) is 3.81. The van der Waals surface area contributed by atoms with Gasteiger partial charge >= 0.3 is 6.18 Å². The Morgan fingerprint density at radius 3 is 2.46 bits per heavy atom. The number of hydrogen-bond acceptors (Lipinski definition) is 4. The summed E-state index contributed by atoms with van der Waals surface area (Å²) in [5.41, 5.74) is -1.07. The second-order valence-electron chi connectivity index (χ2n) is 5.73. The molecule has 0 aliphatic heterocycles. The van der Waals surface area contributed by atoms with Gasteiger partial charge in [-0.25, -0.2) is 9.37 Å². The van der Waals surface area contributed by atoms with E-state index in [0.717, 1.165) is 17.7 Å². The summed E-state index contributed by atoms with van der Waals surface area (Å²) < 4.78 is 52.7. The van der Waals surface area contributed by atoms with Gasteiger partial charge in [0.05, 0.1) is 16.8 Å². The largest absolute Gasteiger partial charge is 0.419 e. The molecule has 0 fully saturated rings. The Balaban J connectivity index is 1.80. The number of hydrogen-bond donors (Lipinski definition) is 2. The summed E-state index contributed by atoms with van der Waals surface area (Å²) in [5, 5.41) is 5.15. The van der Waals surface area contributed by atoms with Crippen molar-refractivity contribution < 1.29 is 22.4 Å². The highest BCUT2D eigenvalue weighted by Crippen LogP contribution is 2.34. The Kier molecular flexibility index (Phi) is 5.53. The molecule has 0 spiro atoms. The number of benzene rings is 1. The number of carbonyl (C=O) groups excluding carboxylic acids is 1.